The predicted octanol–water partition coefficient (Wildman–Crippen LogP) is 5.01. The van der Waals surface area contributed by atoms with Crippen molar-refractivity contribution in [3.8, 4) is 17.0 Å². The number of nitrogens with one attached hydrogen (secondary N) is 1. The summed E-state index contributed by atoms with van der Waals surface area (Å²) in [7, 11) is 1.64. The zero-order valence-electron chi connectivity index (χ0n) is 12.3. The van der Waals surface area contributed by atoms with Crippen LogP contribution in [0.3, 0.4) is 0 Å². The highest BCUT2D eigenvalue weighted by Crippen LogP contribution is 2.33. The van der Waals surface area contributed by atoms with Crippen LogP contribution < -0.4 is 10.1 Å². The minimum atomic E-state index is -0.290. The Balaban J connectivity index is 1.88. The molecule has 0 spiro atoms. The van der Waals surface area contributed by atoms with Crippen LogP contribution in [0.1, 0.15) is 4.88 Å². The second-order valence-electron chi connectivity index (χ2n) is 4.76. The highest BCUT2D eigenvalue weighted by molar-refractivity contribution is 7.16. The van der Waals surface area contributed by atoms with Crippen LogP contribution in [0.25, 0.3) is 11.3 Å². The lowest BCUT2D eigenvalue weighted by molar-refractivity contribution is 0.415. The fourth-order valence-corrected chi connectivity index (χ4v) is 2.99. The molecule has 3 rings (SSSR count). The lowest BCUT2D eigenvalue weighted by Gasteiger charge is -2.03. The number of hydrogen-bond donors (Lipinski definition) is 1. The summed E-state index contributed by atoms with van der Waals surface area (Å²) in [4.78, 5) is 5.65. The van der Waals surface area contributed by atoms with Gasteiger partial charge in [0.1, 0.15) is 11.6 Å². The second-order valence-corrected chi connectivity index (χ2v) is 5.96. The van der Waals surface area contributed by atoms with Gasteiger partial charge in [-0.2, -0.15) is 0 Å². The molecule has 1 N–H and O–H groups in total. The molecule has 0 fully saturated rings. The predicted molar refractivity (Wildman–Crippen MR) is 88.5 cm³/mol. The van der Waals surface area contributed by atoms with Crippen LogP contribution in [0.2, 0.25) is 0 Å². The first-order valence-electron chi connectivity index (χ1n) is 6.81. The molecule has 22 heavy (non-hydrogen) atoms. The van der Waals surface area contributed by atoms with Crippen LogP contribution in [-0.4, -0.2) is 12.1 Å². The van der Waals surface area contributed by atoms with Crippen molar-refractivity contribution in [2.75, 3.05) is 12.4 Å². The van der Waals surface area contributed by atoms with Gasteiger partial charge in [-0.05, 0) is 43.3 Å². The van der Waals surface area contributed by atoms with Crippen LogP contribution >= 0.6 is 11.3 Å². The van der Waals surface area contributed by atoms with E-state index < -0.39 is 0 Å². The monoisotopic (exact) mass is 314 g/mol. The van der Waals surface area contributed by atoms with Crippen molar-refractivity contribution in [2.24, 2.45) is 0 Å². The van der Waals surface area contributed by atoms with Crippen molar-refractivity contribution in [3.05, 3.63) is 59.2 Å². The lowest BCUT2D eigenvalue weighted by Crippen LogP contribution is -1.92. The fourth-order valence-electron chi connectivity index (χ4n) is 2.14. The van der Waals surface area contributed by atoms with Gasteiger partial charge in [0.2, 0.25) is 0 Å². The quantitative estimate of drug-likeness (QED) is 0.735. The smallest absolute Gasteiger partial charge is 0.188 e. The Morgan fingerprint density at radius 1 is 1.09 bits per heavy atom. The van der Waals surface area contributed by atoms with Crippen molar-refractivity contribution in [1.29, 1.82) is 0 Å². The molecular weight excluding hydrogens is 299 g/mol. The van der Waals surface area contributed by atoms with Gasteiger partial charge in [0.05, 0.1) is 18.5 Å². The van der Waals surface area contributed by atoms with E-state index in [0.29, 0.717) is 10.8 Å². The van der Waals surface area contributed by atoms with Gasteiger partial charge in [-0.25, -0.2) is 9.37 Å². The Labute approximate surface area is 132 Å². The van der Waals surface area contributed by atoms with Gasteiger partial charge in [0.25, 0.3) is 0 Å². The van der Waals surface area contributed by atoms with E-state index in [0.717, 1.165) is 21.9 Å². The third-order valence-electron chi connectivity index (χ3n) is 3.28. The van der Waals surface area contributed by atoms with Crippen LogP contribution in [-0.2, 0) is 0 Å². The highest BCUT2D eigenvalue weighted by Gasteiger charge is 2.11. The standard InChI is InChI=1S/C17H15FN2OS/c1-11-16(12-7-9-13(21-2)10-8-12)20-17(22-11)19-15-6-4-3-5-14(15)18/h3-10H,1-2H3,(H,19,20). The summed E-state index contributed by atoms with van der Waals surface area (Å²) in [5.41, 5.74) is 2.33. The number of nitrogens with zero attached hydrogens (tertiary/aromatic N) is 1. The molecule has 0 amide bonds. The molecule has 0 aliphatic rings. The Hall–Kier alpha value is -2.40. The Morgan fingerprint density at radius 2 is 1.82 bits per heavy atom. The van der Waals surface area contributed by atoms with Crippen molar-refractivity contribution < 1.29 is 9.13 Å². The first kappa shape index (κ1) is 14.5. The molecule has 3 nitrogen and oxygen atoms in total. The number of aryl methyl sites for hydroxylation is 1. The van der Waals surface area contributed by atoms with Crippen molar-refractivity contribution >= 4 is 22.2 Å². The van der Waals surface area contributed by atoms with E-state index in [1.54, 1.807) is 25.3 Å². The van der Waals surface area contributed by atoms with Gasteiger partial charge < -0.3 is 10.1 Å². The average molecular weight is 314 g/mol. The molecule has 0 bridgehead atoms. The van der Waals surface area contributed by atoms with E-state index >= 15 is 0 Å². The summed E-state index contributed by atoms with van der Waals surface area (Å²) < 4.78 is 18.9. The number of benzene rings is 2. The van der Waals surface area contributed by atoms with Gasteiger partial charge >= 0.3 is 0 Å². The van der Waals surface area contributed by atoms with E-state index in [2.05, 4.69) is 10.3 Å². The molecule has 1 heterocycles. The number of rotatable bonds is 4. The molecule has 2 aromatic carbocycles. The summed E-state index contributed by atoms with van der Waals surface area (Å²) in [5.74, 6) is 0.516. The molecule has 0 saturated heterocycles. The number of hydrogen-bond acceptors (Lipinski definition) is 4. The number of aromatic nitrogens is 1. The van der Waals surface area contributed by atoms with Crippen LogP contribution in [0.4, 0.5) is 15.2 Å². The lowest BCUT2D eigenvalue weighted by atomic mass is 10.1. The molecule has 0 aliphatic heterocycles. The van der Waals surface area contributed by atoms with Gasteiger partial charge in [-0.1, -0.05) is 12.1 Å². The summed E-state index contributed by atoms with van der Waals surface area (Å²) in [5, 5.41) is 3.71. The molecule has 3 aromatic rings. The number of thiazole rings is 1. The third kappa shape index (κ3) is 2.94. The minimum Gasteiger partial charge on any atom is -0.497 e. The van der Waals surface area contributed by atoms with Crippen LogP contribution in [0.15, 0.2) is 48.5 Å². The topological polar surface area (TPSA) is 34.1 Å². The first-order chi connectivity index (χ1) is 10.7. The SMILES string of the molecule is COc1ccc(-c2nc(Nc3ccccc3F)sc2C)cc1. The molecule has 5 heteroatoms. The number of methoxy groups -OCH3 is 1. The van der Waals surface area contributed by atoms with E-state index in [4.69, 9.17) is 4.74 Å². The Kier molecular flexibility index (Phi) is 4.06. The number of ether oxygens (including phenoxy) is 1. The average Bonchev–Trinajstić information content (AvgIpc) is 2.90. The van der Waals surface area contributed by atoms with E-state index in [1.165, 1.54) is 17.4 Å². The Morgan fingerprint density at radius 3 is 2.50 bits per heavy atom. The Bertz CT molecular complexity index is 784. The molecule has 0 radical (unpaired) electrons. The van der Waals surface area contributed by atoms with Gasteiger partial charge in [0, 0.05) is 10.4 Å². The molecule has 0 unspecified atom stereocenters. The van der Waals surface area contributed by atoms with E-state index in [9.17, 15) is 4.39 Å². The summed E-state index contributed by atoms with van der Waals surface area (Å²) in [6.07, 6.45) is 0. The normalized spacial score (nSPS) is 10.5. The molecule has 112 valence electrons. The minimum absolute atomic E-state index is 0.290. The maximum atomic E-state index is 13.7. The fraction of sp³-hybridized carbons (Fsp3) is 0.118. The maximum absolute atomic E-state index is 13.7. The summed E-state index contributed by atoms with van der Waals surface area (Å²) >= 11 is 1.50. The molecule has 0 atom stereocenters. The van der Waals surface area contributed by atoms with Gasteiger partial charge in [-0.3, -0.25) is 0 Å². The van der Waals surface area contributed by atoms with E-state index in [-0.39, 0.29) is 5.82 Å². The molecule has 0 saturated carbocycles. The molecule has 0 aliphatic carbocycles. The van der Waals surface area contributed by atoms with Crippen molar-refractivity contribution in [1.82, 2.24) is 4.98 Å². The maximum Gasteiger partial charge on any atom is 0.188 e. The summed E-state index contributed by atoms with van der Waals surface area (Å²) in [6, 6.07) is 14.3. The number of halogens is 1. The molecular formula is C17H15FN2OS. The van der Waals surface area contributed by atoms with Crippen LogP contribution in [0, 0.1) is 12.7 Å². The second kappa shape index (κ2) is 6.15. The zero-order chi connectivity index (χ0) is 15.5. The number of para-hydroxylation sites is 1. The van der Waals surface area contributed by atoms with Crippen LogP contribution in [0.5, 0.6) is 5.75 Å². The molecule has 1 aromatic heterocycles. The van der Waals surface area contributed by atoms with Gasteiger partial charge in [0.15, 0.2) is 5.13 Å². The third-order valence-corrected chi connectivity index (χ3v) is 4.16. The highest BCUT2D eigenvalue weighted by atomic mass is 32.1. The van der Waals surface area contributed by atoms with E-state index in [1.807, 2.05) is 31.2 Å². The first-order valence-corrected chi connectivity index (χ1v) is 7.62. The van der Waals surface area contributed by atoms with Crippen molar-refractivity contribution in [2.45, 2.75) is 6.92 Å². The summed E-state index contributed by atoms with van der Waals surface area (Å²) in [6.45, 7) is 2.00. The van der Waals surface area contributed by atoms with Gasteiger partial charge in [-0.15, -0.1) is 11.3 Å². The zero-order valence-corrected chi connectivity index (χ0v) is 13.1. The van der Waals surface area contributed by atoms with Crippen molar-refractivity contribution in [3.63, 3.8) is 0 Å². The number of anilines is 2. The largest absolute Gasteiger partial charge is 0.497 e.